The highest BCUT2D eigenvalue weighted by atomic mass is 19.1. The van der Waals surface area contributed by atoms with Crippen LogP contribution >= 0.6 is 0 Å². The van der Waals surface area contributed by atoms with Crippen molar-refractivity contribution in [3.8, 4) is 0 Å². The number of aryl methyl sites for hydroxylation is 1. The van der Waals surface area contributed by atoms with E-state index in [2.05, 4.69) is 22.1 Å². The van der Waals surface area contributed by atoms with Gasteiger partial charge < -0.3 is 10.3 Å². The van der Waals surface area contributed by atoms with Crippen LogP contribution in [-0.4, -0.2) is 35.4 Å². The van der Waals surface area contributed by atoms with Crippen molar-refractivity contribution < 1.29 is 9.18 Å². The monoisotopic (exact) mass is 343 g/mol. The molecule has 0 spiro atoms. The summed E-state index contributed by atoms with van der Waals surface area (Å²) >= 11 is 0. The maximum Gasteiger partial charge on any atom is 0.223 e. The fourth-order valence-corrected chi connectivity index (χ4v) is 4.02. The number of carbonyl (C=O) groups is 1. The average Bonchev–Trinajstić information content (AvgIpc) is 3.10. The molecule has 2 N–H and O–H groups in total. The molecule has 1 aliphatic carbocycles. The molecule has 1 unspecified atom stereocenters. The summed E-state index contributed by atoms with van der Waals surface area (Å²) in [5.74, 6) is 0.862. The highest BCUT2D eigenvalue weighted by Gasteiger charge is 2.28. The molecule has 5 heteroatoms. The first-order chi connectivity index (χ1) is 12.1. The molecule has 2 aliphatic rings. The van der Waals surface area contributed by atoms with Crippen molar-refractivity contribution in [1.82, 2.24) is 15.2 Å². The fraction of sp³-hybridized carbons (Fsp3) is 0.550. The van der Waals surface area contributed by atoms with E-state index >= 15 is 0 Å². The van der Waals surface area contributed by atoms with Gasteiger partial charge in [0.1, 0.15) is 5.82 Å². The van der Waals surface area contributed by atoms with E-state index in [1.165, 1.54) is 18.2 Å². The Morgan fingerprint density at radius 2 is 2.20 bits per heavy atom. The number of likely N-dealkylation sites (tertiary alicyclic amines) is 1. The number of nitrogens with zero attached hydrogens (tertiary/aromatic N) is 1. The molecule has 4 rings (SSSR count). The maximum atomic E-state index is 13.5. The lowest BCUT2D eigenvalue weighted by Gasteiger charge is -2.25. The summed E-state index contributed by atoms with van der Waals surface area (Å²) in [6.45, 7) is 5.76. The van der Waals surface area contributed by atoms with Gasteiger partial charge in [-0.2, -0.15) is 0 Å². The Morgan fingerprint density at radius 1 is 1.36 bits per heavy atom. The van der Waals surface area contributed by atoms with Gasteiger partial charge in [0.25, 0.3) is 0 Å². The van der Waals surface area contributed by atoms with E-state index < -0.39 is 0 Å². The van der Waals surface area contributed by atoms with E-state index in [1.807, 2.05) is 6.07 Å². The largest absolute Gasteiger partial charge is 0.357 e. The summed E-state index contributed by atoms with van der Waals surface area (Å²) in [7, 11) is 0. The average molecular weight is 343 g/mol. The predicted octanol–water partition coefficient (Wildman–Crippen LogP) is 3.35. The Hall–Kier alpha value is -1.88. The number of H-pyrrole nitrogens is 1. The Balaban J connectivity index is 1.33. The molecule has 1 amide bonds. The third-order valence-electron chi connectivity index (χ3n) is 5.92. The Kier molecular flexibility index (Phi) is 4.50. The van der Waals surface area contributed by atoms with Crippen LogP contribution < -0.4 is 5.32 Å². The van der Waals surface area contributed by atoms with Gasteiger partial charge in [-0.05, 0) is 62.4 Å². The summed E-state index contributed by atoms with van der Waals surface area (Å²) < 4.78 is 13.5. The highest BCUT2D eigenvalue weighted by Crippen LogP contribution is 2.27. The molecule has 134 valence electrons. The molecule has 1 atom stereocenters. The second kappa shape index (κ2) is 6.79. The summed E-state index contributed by atoms with van der Waals surface area (Å²) in [6, 6.07) is 4.91. The standard InChI is InChI=1S/C20H26FN3O/c1-13-17-9-16(21)5-6-18(17)23-19(13)12-24-8-7-14(11-24)10-22-20(25)15-3-2-4-15/h5-6,9,14-15,23H,2-4,7-8,10-12H2,1H3,(H,22,25). The number of halogens is 1. The van der Waals surface area contributed by atoms with Crippen LogP contribution in [0.25, 0.3) is 10.9 Å². The second-order valence-electron chi connectivity index (χ2n) is 7.68. The van der Waals surface area contributed by atoms with Gasteiger partial charge in [-0.3, -0.25) is 9.69 Å². The van der Waals surface area contributed by atoms with E-state index in [0.29, 0.717) is 5.92 Å². The lowest BCUT2D eigenvalue weighted by molar-refractivity contribution is -0.127. The van der Waals surface area contributed by atoms with Crippen LogP contribution in [0.2, 0.25) is 0 Å². The van der Waals surface area contributed by atoms with Crippen LogP contribution in [0.15, 0.2) is 18.2 Å². The molecule has 1 aromatic carbocycles. The minimum atomic E-state index is -0.190. The van der Waals surface area contributed by atoms with Crippen LogP contribution in [0, 0.1) is 24.6 Å². The zero-order valence-corrected chi connectivity index (χ0v) is 14.8. The summed E-state index contributed by atoms with van der Waals surface area (Å²) in [5.41, 5.74) is 3.30. The number of amides is 1. The predicted molar refractivity (Wildman–Crippen MR) is 96.7 cm³/mol. The molecule has 25 heavy (non-hydrogen) atoms. The van der Waals surface area contributed by atoms with Crippen molar-refractivity contribution >= 4 is 16.8 Å². The highest BCUT2D eigenvalue weighted by molar-refractivity contribution is 5.84. The summed E-state index contributed by atoms with van der Waals surface area (Å²) in [5, 5.41) is 4.11. The second-order valence-corrected chi connectivity index (χ2v) is 7.68. The van der Waals surface area contributed by atoms with Crippen molar-refractivity contribution in [3.63, 3.8) is 0 Å². The van der Waals surface area contributed by atoms with Gasteiger partial charge in [0.05, 0.1) is 0 Å². The number of nitrogens with one attached hydrogen (secondary N) is 2. The van der Waals surface area contributed by atoms with Crippen molar-refractivity contribution in [3.05, 3.63) is 35.3 Å². The van der Waals surface area contributed by atoms with Crippen LogP contribution in [0.1, 0.15) is 36.9 Å². The Labute approximate surface area is 147 Å². The van der Waals surface area contributed by atoms with Crippen molar-refractivity contribution in [1.29, 1.82) is 0 Å². The topological polar surface area (TPSA) is 48.1 Å². The minimum absolute atomic E-state index is 0.190. The normalized spacial score (nSPS) is 21.6. The van der Waals surface area contributed by atoms with E-state index in [0.717, 1.165) is 61.9 Å². The molecule has 1 saturated carbocycles. The first kappa shape index (κ1) is 16.6. The molecule has 0 radical (unpaired) electrons. The zero-order valence-electron chi connectivity index (χ0n) is 14.8. The van der Waals surface area contributed by atoms with Gasteiger partial charge >= 0.3 is 0 Å². The first-order valence-corrected chi connectivity index (χ1v) is 9.37. The summed E-state index contributed by atoms with van der Waals surface area (Å²) in [4.78, 5) is 17.8. The quantitative estimate of drug-likeness (QED) is 0.875. The smallest absolute Gasteiger partial charge is 0.223 e. The number of carbonyl (C=O) groups excluding carboxylic acids is 1. The Morgan fingerprint density at radius 3 is 2.96 bits per heavy atom. The number of aromatic amines is 1. The minimum Gasteiger partial charge on any atom is -0.357 e. The zero-order chi connectivity index (χ0) is 17.4. The SMILES string of the molecule is Cc1c(CN2CCC(CNC(=O)C3CCC3)C2)[nH]c2ccc(F)cc12. The van der Waals surface area contributed by atoms with Crippen molar-refractivity contribution in [2.75, 3.05) is 19.6 Å². The third kappa shape index (κ3) is 3.43. The van der Waals surface area contributed by atoms with Crippen molar-refractivity contribution in [2.45, 2.75) is 39.2 Å². The molecule has 0 bridgehead atoms. The number of hydrogen-bond acceptors (Lipinski definition) is 2. The molecule has 4 nitrogen and oxygen atoms in total. The number of aromatic nitrogens is 1. The molecular weight excluding hydrogens is 317 g/mol. The fourth-order valence-electron chi connectivity index (χ4n) is 4.02. The third-order valence-corrected chi connectivity index (χ3v) is 5.92. The van der Waals surface area contributed by atoms with Gasteiger partial charge in [0, 0.05) is 42.1 Å². The Bertz CT molecular complexity index is 781. The number of fused-ring (bicyclic) bond motifs is 1. The van der Waals surface area contributed by atoms with E-state index in [4.69, 9.17) is 0 Å². The molecule has 1 aromatic heterocycles. The molecule has 1 saturated heterocycles. The van der Waals surface area contributed by atoms with Gasteiger partial charge in [0.15, 0.2) is 0 Å². The first-order valence-electron chi connectivity index (χ1n) is 9.37. The van der Waals surface area contributed by atoms with Gasteiger partial charge in [-0.15, -0.1) is 0 Å². The molecular formula is C20H26FN3O. The molecule has 1 aliphatic heterocycles. The van der Waals surface area contributed by atoms with Crippen LogP contribution in [0.3, 0.4) is 0 Å². The molecule has 2 aromatic rings. The van der Waals surface area contributed by atoms with Gasteiger partial charge in [0.2, 0.25) is 5.91 Å². The van der Waals surface area contributed by atoms with Gasteiger partial charge in [-0.25, -0.2) is 4.39 Å². The maximum absolute atomic E-state index is 13.5. The summed E-state index contributed by atoms with van der Waals surface area (Å²) in [6.07, 6.45) is 4.44. The number of hydrogen-bond donors (Lipinski definition) is 2. The van der Waals surface area contributed by atoms with Crippen LogP contribution in [0.4, 0.5) is 4.39 Å². The van der Waals surface area contributed by atoms with Crippen LogP contribution in [0.5, 0.6) is 0 Å². The lowest BCUT2D eigenvalue weighted by Crippen LogP contribution is -2.37. The number of rotatable bonds is 5. The van der Waals surface area contributed by atoms with E-state index in [1.54, 1.807) is 6.07 Å². The van der Waals surface area contributed by atoms with Crippen LogP contribution in [-0.2, 0) is 11.3 Å². The lowest BCUT2D eigenvalue weighted by atomic mass is 9.85. The van der Waals surface area contributed by atoms with E-state index in [9.17, 15) is 9.18 Å². The van der Waals surface area contributed by atoms with E-state index in [-0.39, 0.29) is 17.6 Å². The molecule has 2 fully saturated rings. The molecule has 2 heterocycles. The van der Waals surface area contributed by atoms with Crippen molar-refractivity contribution in [2.24, 2.45) is 11.8 Å². The number of benzene rings is 1. The van der Waals surface area contributed by atoms with Gasteiger partial charge in [-0.1, -0.05) is 6.42 Å².